The van der Waals surface area contributed by atoms with E-state index in [2.05, 4.69) is 15.7 Å². The van der Waals surface area contributed by atoms with Crippen molar-refractivity contribution in [3.63, 3.8) is 0 Å². The van der Waals surface area contributed by atoms with Gasteiger partial charge in [0.05, 0.1) is 22.8 Å². The average Bonchev–Trinajstić information content (AvgIpc) is 3.18. The molecule has 1 unspecified atom stereocenters. The Labute approximate surface area is 194 Å². The molecule has 1 aliphatic rings. The highest BCUT2D eigenvalue weighted by molar-refractivity contribution is 6.10. The van der Waals surface area contributed by atoms with E-state index in [0.717, 1.165) is 28.3 Å². The first kappa shape index (κ1) is 23.1. The number of rotatable bonds is 5. The Morgan fingerprint density at radius 3 is 2.38 bits per heavy atom. The molecule has 2 heterocycles. The van der Waals surface area contributed by atoms with Gasteiger partial charge in [0.2, 0.25) is 5.91 Å². The molecule has 8 nitrogen and oxygen atoms in total. The van der Waals surface area contributed by atoms with Crippen LogP contribution in [0.5, 0.6) is 0 Å². The van der Waals surface area contributed by atoms with Crippen LogP contribution in [0.4, 0.5) is 19.3 Å². The summed E-state index contributed by atoms with van der Waals surface area (Å²) in [6.07, 6.45) is 0. The number of amides is 4. The van der Waals surface area contributed by atoms with Crippen LogP contribution >= 0.6 is 0 Å². The van der Waals surface area contributed by atoms with Crippen molar-refractivity contribution in [1.29, 1.82) is 0 Å². The van der Waals surface area contributed by atoms with Gasteiger partial charge in [0, 0.05) is 0 Å². The van der Waals surface area contributed by atoms with Gasteiger partial charge in [-0.3, -0.25) is 14.5 Å². The lowest BCUT2D eigenvalue weighted by Gasteiger charge is -2.22. The van der Waals surface area contributed by atoms with Gasteiger partial charge < -0.3 is 10.6 Å². The zero-order valence-electron chi connectivity index (χ0n) is 19.1. The number of carbonyl (C=O) groups excluding carboxylic acids is 3. The SMILES string of the molecule is Cc1ccc(-n2nc(C)c(NC(=O)CN3C(=O)NC(C)(c4ccc(F)c(F)c4)C3=O)c2C)cc1. The zero-order chi connectivity index (χ0) is 24.8. The van der Waals surface area contributed by atoms with Gasteiger partial charge >= 0.3 is 6.03 Å². The Balaban J connectivity index is 1.52. The highest BCUT2D eigenvalue weighted by Crippen LogP contribution is 2.30. The average molecular weight is 467 g/mol. The first-order chi connectivity index (χ1) is 16.0. The number of hydrogen-bond acceptors (Lipinski definition) is 4. The van der Waals surface area contributed by atoms with Crippen molar-refractivity contribution < 1.29 is 23.2 Å². The number of imide groups is 1. The maximum Gasteiger partial charge on any atom is 0.325 e. The monoisotopic (exact) mass is 467 g/mol. The van der Waals surface area contributed by atoms with E-state index in [-0.39, 0.29) is 5.56 Å². The summed E-state index contributed by atoms with van der Waals surface area (Å²) < 4.78 is 28.7. The largest absolute Gasteiger partial charge is 0.325 e. The van der Waals surface area contributed by atoms with Gasteiger partial charge in [-0.05, 0) is 57.5 Å². The number of anilines is 1. The van der Waals surface area contributed by atoms with Crippen molar-refractivity contribution in [1.82, 2.24) is 20.0 Å². The highest BCUT2D eigenvalue weighted by atomic mass is 19.2. The Hall–Kier alpha value is -4.08. The normalized spacial score (nSPS) is 17.8. The maximum absolute atomic E-state index is 13.7. The van der Waals surface area contributed by atoms with Crippen LogP contribution in [-0.4, -0.2) is 39.1 Å². The summed E-state index contributed by atoms with van der Waals surface area (Å²) in [5.74, 6) is -3.57. The number of halogens is 2. The van der Waals surface area contributed by atoms with Gasteiger partial charge in [-0.15, -0.1) is 0 Å². The fourth-order valence-electron chi connectivity index (χ4n) is 3.93. The summed E-state index contributed by atoms with van der Waals surface area (Å²) in [5, 5.41) is 9.67. The van der Waals surface area contributed by atoms with Crippen molar-refractivity contribution in [3.05, 3.63) is 76.6 Å². The molecule has 1 saturated heterocycles. The van der Waals surface area contributed by atoms with Gasteiger partial charge in [0.15, 0.2) is 11.6 Å². The van der Waals surface area contributed by atoms with Gasteiger partial charge in [0.1, 0.15) is 12.1 Å². The number of benzene rings is 2. The Morgan fingerprint density at radius 1 is 1.06 bits per heavy atom. The third kappa shape index (κ3) is 3.91. The number of hydrogen-bond donors (Lipinski definition) is 2. The van der Waals surface area contributed by atoms with E-state index in [4.69, 9.17) is 0 Å². The topological polar surface area (TPSA) is 96.3 Å². The van der Waals surface area contributed by atoms with Crippen LogP contribution in [-0.2, 0) is 15.1 Å². The second kappa shape index (κ2) is 8.36. The number of aryl methyl sites for hydroxylation is 2. The van der Waals surface area contributed by atoms with Gasteiger partial charge in [-0.25, -0.2) is 18.3 Å². The first-order valence-corrected chi connectivity index (χ1v) is 10.5. The molecule has 4 rings (SSSR count). The minimum absolute atomic E-state index is 0.0683. The second-order valence-electron chi connectivity index (χ2n) is 8.42. The van der Waals surface area contributed by atoms with Crippen LogP contribution in [0.3, 0.4) is 0 Å². The number of urea groups is 1. The number of aromatic nitrogens is 2. The minimum Gasteiger partial charge on any atom is -0.321 e. The maximum atomic E-state index is 13.7. The van der Waals surface area contributed by atoms with E-state index in [9.17, 15) is 23.2 Å². The van der Waals surface area contributed by atoms with E-state index in [1.165, 1.54) is 13.0 Å². The Morgan fingerprint density at radius 2 is 1.74 bits per heavy atom. The molecule has 3 aromatic rings. The minimum atomic E-state index is -1.63. The summed E-state index contributed by atoms with van der Waals surface area (Å²) in [4.78, 5) is 39.0. The molecule has 0 aliphatic carbocycles. The summed E-state index contributed by atoms with van der Waals surface area (Å²) in [7, 11) is 0. The molecule has 2 N–H and O–H groups in total. The number of nitrogens with zero attached hydrogens (tertiary/aromatic N) is 3. The molecular weight excluding hydrogens is 444 g/mol. The van der Waals surface area contributed by atoms with Crippen molar-refractivity contribution in [3.8, 4) is 5.69 Å². The third-order valence-corrected chi connectivity index (χ3v) is 5.91. The molecule has 34 heavy (non-hydrogen) atoms. The van der Waals surface area contributed by atoms with E-state index in [0.29, 0.717) is 17.1 Å². The predicted octanol–water partition coefficient (Wildman–Crippen LogP) is 3.48. The van der Waals surface area contributed by atoms with E-state index in [1.54, 1.807) is 18.5 Å². The summed E-state index contributed by atoms with van der Waals surface area (Å²) in [5.41, 5.74) is 2.08. The molecule has 1 aromatic heterocycles. The second-order valence-corrected chi connectivity index (χ2v) is 8.42. The quantitative estimate of drug-likeness (QED) is 0.562. The summed E-state index contributed by atoms with van der Waals surface area (Å²) in [6.45, 7) is 6.32. The zero-order valence-corrected chi connectivity index (χ0v) is 19.1. The van der Waals surface area contributed by atoms with Crippen LogP contribution in [0.25, 0.3) is 5.69 Å². The van der Waals surface area contributed by atoms with Crippen molar-refractivity contribution in [2.24, 2.45) is 0 Å². The lowest BCUT2D eigenvalue weighted by Crippen LogP contribution is -2.42. The molecule has 0 bridgehead atoms. The van der Waals surface area contributed by atoms with Crippen LogP contribution < -0.4 is 10.6 Å². The Bertz CT molecular complexity index is 1320. The molecule has 0 saturated carbocycles. The molecule has 0 radical (unpaired) electrons. The standard InChI is InChI=1S/C24H23F2N5O3/c1-13-5-8-17(9-6-13)31-15(3)21(14(2)29-31)27-20(32)12-30-22(33)24(4,28-23(30)34)16-7-10-18(25)19(26)11-16/h5-11H,12H2,1-4H3,(H,27,32)(H,28,34). The van der Waals surface area contributed by atoms with Gasteiger partial charge in [-0.1, -0.05) is 23.8 Å². The molecule has 1 fully saturated rings. The van der Waals surface area contributed by atoms with Gasteiger partial charge in [0.25, 0.3) is 5.91 Å². The molecule has 2 aromatic carbocycles. The molecule has 176 valence electrons. The molecule has 4 amide bonds. The molecule has 0 spiro atoms. The molecule has 10 heteroatoms. The molecule has 1 atom stereocenters. The Kier molecular flexibility index (Phi) is 5.68. The van der Waals surface area contributed by atoms with Crippen LogP contribution in [0.2, 0.25) is 0 Å². The van der Waals surface area contributed by atoms with Crippen molar-refractivity contribution >= 4 is 23.5 Å². The van der Waals surface area contributed by atoms with Gasteiger partial charge in [-0.2, -0.15) is 5.10 Å². The smallest absolute Gasteiger partial charge is 0.321 e. The first-order valence-electron chi connectivity index (χ1n) is 10.5. The lowest BCUT2D eigenvalue weighted by atomic mass is 9.92. The van der Waals surface area contributed by atoms with E-state index in [1.807, 2.05) is 31.2 Å². The predicted molar refractivity (Wildman–Crippen MR) is 120 cm³/mol. The van der Waals surface area contributed by atoms with Crippen LogP contribution in [0.1, 0.15) is 29.4 Å². The fraction of sp³-hybridized carbons (Fsp3) is 0.250. The van der Waals surface area contributed by atoms with E-state index < -0.39 is 41.6 Å². The third-order valence-electron chi connectivity index (χ3n) is 5.91. The summed E-state index contributed by atoms with van der Waals surface area (Å²) >= 11 is 0. The molecule has 1 aliphatic heterocycles. The van der Waals surface area contributed by atoms with Crippen LogP contribution in [0.15, 0.2) is 42.5 Å². The van der Waals surface area contributed by atoms with E-state index >= 15 is 0 Å². The fourth-order valence-corrected chi connectivity index (χ4v) is 3.93. The van der Waals surface area contributed by atoms with Crippen molar-refractivity contribution in [2.75, 3.05) is 11.9 Å². The molecular formula is C24H23F2N5O3. The lowest BCUT2D eigenvalue weighted by molar-refractivity contribution is -0.133. The highest BCUT2D eigenvalue weighted by Gasteiger charge is 2.49. The van der Waals surface area contributed by atoms with Crippen LogP contribution in [0, 0.1) is 32.4 Å². The summed E-state index contributed by atoms with van der Waals surface area (Å²) in [6, 6.07) is 9.85. The number of nitrogens with one attached hydrogen (secondary N) is 2. The number of carbonyl (C=O) groups is 3. The van der Waals surface area contributed by atoms with Crippen molar-refractivity contribution in [2.45, 2.75) is 33.2 Å².